The molecular weight excluding hydrogens is 262 g/mol. The number of nitrogens with one attached hydrogen (secondary N) is 1. The summed E-state index contributed by atoms with van der Waals surface area (Å²) in [6.07, 6.45) is 7.43. The van der Waals surface area contributed by atoms with E-state index < -0.39 is 11.5 Å². The Balaban J connectivity index is 1.49. The highest BCUT2D eigenvalue weighted by atomic mass is 32.2. The van der Waals surface area contributed by atoms with Crippen LogP contribution in [0.5, 0.6) is 0 Å². The van der Waals surface area contributed by atoms with Crippen molar-refractivity contribution < 1.29 is 14.7 Å². The molecule has 2 saturated carbocycles. The summed E-state index contributed by atoms with van der Waals surface area (Å²) in [6, 6.07) is 0. The van der Waals surface area contributed by atoms with Crippen LogP contribution in [0.15, 0.2) is 0 Å². The first kappa shape index (κ1) is 13.3. The number of hydrogen-bond donors (Lipinski definition) is 2. The predicted octanol–water partition coefficient (Wildman–Crippen LogP) is 2.03. The second-order valence-electron chi connectivity index (χ2n) is 6.57. The van der Waals surface area contributed by atoms with Gasteiger partial charge in [0.2, 0.25) is 5.91 Å². The molecule has 1 heterocycles. The molecule has 2 N–H and O–H groups in total. The number of carbonyl (C=O) groups excluding carboxylic acids is 1. The van der Waals surface area contributed by atoms with Crippen molar-refractivity contribution >= 4 is 23.6 Å². The molecule has 3 aliphatic rings. The van der Waals surface area contributed by atoms with Crippen molar-refractivity contribution in [2.45, 2.75) is 50.5 Å². The highest BCUT2D eigenvalue weighted by Crippen LogP contribution is 2.59. The molecule has 1 amide bonds. The Labute approximate surface area is 117 Å². The van der Waals surface area contributed by atoms with Crippen LogP contribution in [-0.2, 0) is 9.59 Å². The molecule has 1 spiro atoms. The van der Waals surface area contributed by atoms with E-state index in [0.717, 1.165) is 5.75 Å². The van der Waals surface area contributed by atoms with Gasteiger partial charge in [-0.25, -0.2) is 4.79 Å². The lowest BCUT2D eigenvalue weighted by atomic mass is 9.51. The topological polar surface area (TPSA) is 66.4 Å². The van der Waals surface area contributed by atoms with Crippen molar-refractivity contribution in [3.63, 3.8) is 0 Å². The van der Waals surface area contributed by atoms with Gasteiger partial charge in [-0.2, -0.15) is 11.8 Å². The Morgan fingerprint density at radius 1 is 1.26 bits per heavy atom. The number of amides is 1. The first-order chi connectivity index (χ1) is 9.04. The van der Waals surface area contributed by atoms with Crippen molar-refractivity contribution in [3.8, 4) is 0 Å². The highest BCUT2D eigenvalue weighted by molar-refractivity contribution is 7.99. The molecule has 0 aromatic rings. The van der Waals surface area contributed by atoms with Gasteiger partial charge in [-0.05, 0) is 49.2 Å². The summed E-state index contributed by atoms with van der Waals surface area (Å²) in [7, 11) is 0. The van der Waals surface area contributed by atoms with Gasteiger partial charge in [0.05, 0.1) is 0 Å². The quantitative estimate of drug-likeness (QED) is 0.828. The van der Waals surface area contributed by atoms with Crippen LogP contribution in [-0.4, -0.2) is 34.0 Å². The van der Waals surface area contributed by atoms with Gasteiger partial charge < -0.3 is 10.4 Å². The number of carboxylic acids is 1. The predicted molar refractivity (Wildman–Crippen MR) is 74.1 cm³/mol. The first-order valence-electron chi connectivity index (χ1n) is 7.16. The normalized spacial score (nSPS) is 32.6. The molecule has 0 aromatic heterocycles. The molecule has 0 aromatic carbocycles. The van der Waals surface area contributed by atoms with Gasteiger partial charge in [-0.1, -0.05) is 6.42 Å². The average molecular weight is 283 g/mol. The van der Waals surface area contributed by atoms with E-state index in [9.17, 15) is 14.7 Å². The fourth-order valence-electron chi connectivity index (χ4n) is 3.86. The second kappa shape index (κ2) is 4.69. The minimum absolute atomic E-state index is 0.0657. The first-order valence-corrected chi connectivity index (χ1v) is 8.31. The molecule has 0 radical (unpaired) electrons. The van der Waals surface area contributed by atoms with Crippen molar-refractivity contribution in [1.29, 1.82) is 0 Å². The molecule has 0 bridgehead atoms. The van der Waals surface area contributed by atoms with E-state index in [1.807, 2.05) is 0 Å². The monoisotopic (exact) mass is 283 g/mol. The van der Waals surface area contributed by atoms with E-state index in [4.69, 9.17) is 0 Å². The van der Waals surface area contributed by atoms with Gasteiger partial charge >= 0.3 is 5.97 Å². The Morgan fingerprint density at radius 3 is 2.47 bits per heavy atom. The lowest BCUT2D eigenvalue weighted by Crippen LogP contribution is -2.55. The van der Waals surface area contributed by atoms with E-state index >= 15 is 0 Å². The van der Waals surface area contributed by atoms with Crippen molar-refractivity contribution in [1.82, 2.24) is 5.32 Å². The van der Waals surface area contributed by atoms with Crippen molar-refractivity contribution in [2.75, 3.05) is 11.5 Å². The molecule has 1 unspecified atom stereocenters. The van der Waals surface area contributed by atoms with Gasteiger partial charge in [-0.15, -0.1) is 0 Å². The molecule has 1 aliphatic heterocycles. The minimum Gasteiger partial charge on any atom is -0.479 e. The SMILES string of the molecule is O=C(CC1CC2(CCC2)C1)NC1(C(=O)O)CCSC1. The smallest absolute Gasteiger partial charge is 0.330 e. The third-order valence-corrected chi connectivity index (χ3v) is 6.33. The van der Waals surface area contributed by atoms with E-state index in [-0.39, 0.29) is 5.91 Å². The number of rotatable bonds is 4. The van der Waals surface area contributed by atoms with Crippen LogP contribution in [0.1, 0.15) is 44.9 Å². The van der Waals surface area contributed by atoms with Crippen LogP contribution in [0.2, 0.25) is 0 Å². The molecule has 19 heavy (non-hydrogen) atoms. The third kappa shape index (κ3) is 2.37. The summed E-state index contributed by atoms with van der Waals surface area (Å²) in [5, 5.41) is 12.1. The Kier molecular flexibility index (Phi) is 3.28. The molecule has 106 valence electrons. The van der Waals surface area contributed by atoms with Gasteiger partial charge in [0.25, 0.3) is 0 Å². The van der Waals surface area contributed by atoms with Crippen LogP contribution in [0.4, 0.5) is 0 Å². The average Bonchev–Trinajstić information content (AvgIpc) is 2.69. The second-order valence-corrected chi connectivity index (χ2v) is 7.68. The number of aliphatic carboxylic acids is 1. The maximum Gasteiger partial charge on any atom is 0.330 e. The molecular formula is C14H21NO3S. The van der Waals surface area contributed by atoms with Crippen molar-refractivity contribution in [2.24, 2.45) is 11.3 Å². The van der Waals surface area contributed by atoms with Gasteiger partial charge in [0, 0.05) is 12.2 Å². The summed E-state index contributed by atoms with van der Waals surface area (Å²) < 4.78 is 0. The molecule has 2 aliphatic carbocycles. The van der Waals surface area contributed by atoms with Crippen LogP contribution in [0.3, 0.4) is 0 Å². The Morgan fingerprint density at radius 2 is 2.00 bits per heavy atom. The summed E-state index contributed by atoms with van der Waals surface area (Å²) >= 11 is 1.61. The number of carboxylic acid groups (broad SMARTS) is 1. The fraction of sp³-hybridized carbons (Fsp3) is 0.857. The number of hydrogen-bond acceptors (Lipinski definition) is 3. The highest BCUT2D eigenvalue weighted by Gasteiger charge is 2.49. The molecule has 3 fully saturated rings. The van der Waals surface area contributed by atoms with Crippen LogP contribution < -0.4 is 5.32 Å². The van der Waals surface area contributed by atoms with Gasteiger partial charge in [-0.3, -0.25) is 4.79 Å². The zero-order valence-electron chi connectivity index (χ0n) is 11.1. The van der Waals surface area contributed by atoms with Gasteiger partial charge in [0.15, 0.2) is 0 Å². The lowest BCUT2D eigenvalue weighted by Gasteiger charge is -2.54. The summed E-state index contributed by atoms with van der Waals surface area (Å²) in [5.74, 6) is 0.862. The Bertz CT molecular complexity index is 391. The summed E-state index contributed by atoms with van der Waals surface area (Å²) in [4.78, 5) is 23.4. The molecule has 3 rings (SSSR count). The molecule has 4 nitrogen and oxygen atoms in total. The van der Waals surface area contributed by atoms with Crippen molar-refractivity contribution in [3.05, 3.63) is 0 Å². The summed E-state index contributed by atoms with van der Waals surface area (Å²) in [5.41, 5.74) is -0.418. The third-order valence-electron chi connectivity index (χ3n) is 5.14. The zero-order chi connectivity index (χ0) is 13.5. The standard InChI is InChI=1S/C14H21NO3S/c16-11(6-10-7-13(8-10)2-1-3-13)15-14(12(17)18)4-5-19-9-14/h10H,1-9H2,(H,15,16)(H,17,18). The maximum absolute atomic E-state index is 12.0. The molecule has 1 saturated heterocycles. The van der Waals surface area contributed by atoms with E-state index in [1.165, 1.54) is 32.1 Å². The number of carbonyl (C=O) groups is 2. The maximum atomic E-state index is 12.0. The minimum atomic E-state index is -1.00. The van der Waals surface area contributed by atoms with Crippen LogP contribution in [0.25, 0.3) is 0 Å². The lowest BCUT2D eigenvalue weighted by molar-refractivity contribution is -0.147. The van der Waals surface area contributed by atoms with Crippen LogP contribution in [0, 0.1) is 11.3 Å². The van der Waals surface area contributed by atoms with Gasteiger partial charge in [0.1, 0.15) is 5.54 Å². The van der Waals surface area contributed by atoms with Crippen LogP contribution >= 0.6 is 11.8 Å². The Hall–Kier alpha value is -0.710. The molecule has 5 heteroatoms. The van der Waals surface area contributed by atoms with E-state index in [0.29, 0.717) is 29.9 Å². The fourth-order valence-corrected chi connectivity index (χ4v) is 5.19. The molecule has 1 atom stereocenters. The van der Waals surface area contributed by atoms with E-state index in [1.54, 1.807) is 11.8 Å². The van der Waals surface area contributed by atoms with E-state index in [2.05, 4.69) is 5.32 Å². The number of thioether (sulfide) groups is 1. The zero-order valence-corrected chi connectivity index (χ0v) is 11.9. The largest absolute Gasteiger partial charge is 0.479 e. The summed E-state index contributed by atoms with van der Waals surface area (Å²) in [6.45, 7) is 0.